The van der Waals surface area contributed by atoms with Gasteiger partial charge in [0.1, 0.15) is 12.4 Å². The highest BCUT2D eigenvalue weighted by Crippen LogP contribution is 2.39. The molecule has 0 radical (unpaired) electrons. The van der Waals surface area contributed by atoms with Crippen LogP contribution in [-0.2, 0) is 25.9 Å². The molecule has 0 unspecified atom stereocenters. The van der Waals surface area contributed by atoms with Gasteiger partial charge in [-0.05, 0) is 83.2 Å². The molecule has 0 fully saturated rings. The first-order chi connectivity index (χ1) is 15.8. The Kier molecular flexibility index (Phi) is 8.04. The molecule has 1 nitrogen and oxygen atoms in total. The summed E-state index contributed by atoms with van der Waals surface area (Å²) in [6, 6.07) is 22.7. The molecule has 0 N–H and O–H groups in total. The zero-order valence-corrected chi connectivity index (χ0v) is 20.0. The van der Waals surface area contributed by atoms with Gasteiger partial charge in [-0.2, -0.15) is 0 Å². The molecule has 1 heteroatoms. The summed E-state index contributed by atoms with van der Waals surface area (Å²) in [5.74, 6) is 0.975. The standard InChI is InChI=1S/C31H38O/c1-3-5-7-9-10-24-12-14-26(15-13-24)23-32-29-17-19-31-28(22-29)21-27-20-25(11-8-6-4-2)16-18-30(27)31/h12-20,22H,3-11,21,23H2,1-2H3. The third kappa shape index (κ3) is 5.82. The molecule has 1 aliphatic carbocycles. The van der Waals surface area contributed by atoms with E-state index in [1.165, 1.54) is 96.7 Å². The van der Waals surface area contributed by atoms with Gasteiger partial charge in [-0.3, -0.25) is 0 Å². The molecule has 0 saturated carbocycles. The molecule has 3 aromatic rings. The molecule has 0 bridgehead atoms. The summed E-state index contributed by atoms with van der Waals surface area (Å²) < 4.78 is 6.16. The average molecular weight is 427 g/mol. The summed E-state index contributed by atoms with van der Waals surface area (Å²) in [4.78, 5) is 0. The molecular formula is C31H38O. The van der Waals surface area contributed by atoms with E-state index in [-0.39, 0.29) is 0 Å². The summed E-state index contributed by atoms with van der Waals surface area (Å²) in [7, 11) is 0. The van der Waals surface area contributed by atoms with Crippen LogP contribution in [0.5, 0.6) is 5.75 Å². The van der Waals surface area contributed by atoms with E-state index in [1.54, 1.807) is 0 Å². The van der Waals surface area contributed by atoms with Crippen molar-refractivity contribution in [3.8, 4) is 16.9 Å². The van der Waals surface area contributed by atoms with Crippen LogP contribution < -0.4 is 4.74 Å². The molecule has 0 atom stereocenters. The largest absolute Gasteiger partial charge is 0.489 e. The molecule has 0 heterocycles. The third-order valence-corrected chi connectivity index (χ3v) is 6.73. The van der Waals surface area contributed by atoms with Crippen LogP contribution in [0.1, 0.15) is 86.6 Å². The van der Waals surface area contributed by atoms with E-state index in [2.05, 4.69) is 74.5 Å². The predicted octanol–water partition coefficient (Wildman–Crippen LogP) is 8.69. The first kappa shape index (κ1) is 22.6. The maximum absolute atomic E-state index is 6.16. The molecule has 3 aromatic carbocycles. The van der Waals surface area contributed by atoms with Crippen molar-refractivity contribution in [1.29, 1.82) is 0 Å². The van der Waals surface area contributed by atoms with Crippen molar-refractivity contribution in [2.24, 2.45) is 0 Å². The Morgan fingerprint density at radius 2 is 1.19 bits per heavy atom. The van der Waals surface area contributed by atoms with Crippen molar-refractivity contribution in [2.45, 2.75) is 84.7 Å². The number of hydrogen-bond donors (Lipinski definition) is 0. The van der Waals surface area contributed by atoms with Crippen LogP contribution >= 0.6 is 0 Å². The lowest BCUT2D eigenvalue weighted by molar-refractivity contribution is 0.306. The predicted molar refractivity (Wildman–Crippen MR) is 137 cm³/mol. The highest BCUT2D eigenvalue weighted by molar-refractivity contribution is 5.77. The molecule has 4 rings (SSSR count). The van der Waals surface area contributed by atoms with E-state index in [9.17, 15) is 0 Å². The number of benzene rings is 3. The molecule has 168 valence electrons. The van der Waals surface area contributed by atoms with Crippen LogP contribution in [0.4, 0.5) is 0 Å². The van der Waals surface area contributed by atoms with Gasteiger partial charge in [-0.25, -0.2) is 0 Å². The quantitative estimate of drug-likeness (QED) is 0.206. The topological polar surface area (TPSA) is 9.23 Å². The Hall–Kier alpha value is -2.54. The molecule has 0 spiro atoms. The van der Waals surface area contributed by atoms with Gasteiger partial charge < -0.3 is 4.74 Å². The molecule has 1 aliphatic rings. The van der Waals surface area contributed by atoms with Crippen LogP contribution in [0, 0.1) is 0 Å². The minimum atomic E-state index is 0.628. The normalized spacial score (nSPS) is 11.9. The van der Waals surface area contributed by atoms with E-state index in [1.807, 2.05) is 0 Å². The summed E-state index contributed by atoms with van der Waals surface area (Å²) >= 11 is 0. The minimum absolute atomic E-state index is 0.628. The van der Waals surface area contributed by atoms with Crippen molar-refractivity contribution >= 4 is 0 Å². The Labute approximate surface area is 194 Å². The Balaban J connectivity index is 1.32. The summed E-state index contributed by atoms with van der Waals surface area (Å²) in [6.07, 6.45) is 12.6. The Bertz CT molecular complexity index is 999. The fraction of sp³-hybridized carbons (Fsp3) is 0.419. The molecule has 0 aromatic heterocycles. The van der Waals surface area contributed by atoms with Crippen molar-refractivity contribution < 1.29 is 4.74 Å². The van der Waals surface area contributed by atoms with Gasteiger partial charge in [0.05, 0.1) is 0 Å². The van der Waals surface area contributed by atoms with Crippen LogP contribution in [0.15, 0.2) is 60.7 Å². The Morgan fingerprint density at radius 3 is 1.97 bits per heavy atom. The number of hydrogen-bond acceptors (Lipinski definition) is 1. The molecule has 0 amide bonds. The second kappa shape index (κ2) is 11.4. The maximum Gasteiger partial charge on any atom is 0.120 e. The van der Waals surface area contributed by atoms with Crippen LogP contribution in [0.2, 0.25) is 0 Å². The van der Waals surface area contributed by atoms with Gasteiger partial charge >= 0.3 is 0 Å². The van der Waals surface area contributed by atoms with Crippen molar-refractivity contribution in [3.05, 3.63) is 88.5 Å². The zero-order chi connectivity index (χ0) is 22.2. The second-order valence-electron chi connectivity index (χ2n) is 9.36. The number of ether oxygens (including phenoxy) is 1. The summed E-state index contributed by atoms with van der Waals surface area (Å²) in [5.41, 5.74) is 9.80. The van der Waals surface area contributed by atoms with Gasteiger partial charge in [0.15, 0.2) is 0 Å². The van der Waals surface area contributed by atoms with Gasteiger partial charge in [0, 0.05) is 0 Å². The lowest BCUT2D eigenvalue weighted by atomic mass is 10.0. The van der Waals surface area contributed by atoms with Crippen molar-refractivity contribution in [3.63, 3.8) is 0 Å². The lowest BCUT2D eigenvalue weighted by Crippen LogP contribution is -1.96. The smallest absolute Gasteiger partial charge is 0.120 e. The molecule has 0 aliphatic heterocycles. The number of unbranched alkanes of at least 4 members (excludes halogenated alkanes) is 5. The van der Waals surface area contributed by atoms with E-state index in [4.69, 9.17) is 4.74 Å². The van der Waals surface area contributed by atoms with Crippen LogP contribution in [0.25, 0.3) is 11.1 Å². The first-order valence-electron chi connectivity index (χ1n) is 12.7. The second-order valence-corrected chi connectivity index (χ2v) is 9.36. The van der Waals surface area contributed by atoms with Gasteiger partial charge in [-0.15, -0.1) is 0 Å². The fourth-order valence-corrected chi connectivity index (χ4v) is 4.79. The molecule has 0 saturated heterocycles. The summed E-state index contributed by atoms with van der Waals surface area (Å²) in [6.45, 7) is 5.16. The molecular weight excluding hydrogens is 388 g/mol. The maximum atomic E-state index is 6.16. The van der Waals surface area contributed by atoms with Gasteiger partial charge in [0.25, 0.3) is 0 Å². The highest BCUT2D eigenvalue weighted by Gasteiger charge is 2.19. The number of rotatable bonds is 12. The van der Waals surface area contributed by atoms with Crippen molar-refractivity contribution in [2.75, 3.05) is 0 Å². The number of fused-ring (bicyclic) bond motifs is 3. The summed E-state index contributed by atoms with van der Waals surface area (Å²) in [5, 5.41) is 0. The van der Waals surface area contributed by atoms with Crippen LogP contribution in [-0.4, -0.2) is 0 Å². The molecule has 32 heavy (non-hydrogen) atoms. The van der Waals surface area contributed by atoms with E-state index in [0.717, 1.165) is 12.2 Å². The third-order valence-electron chi connectivity index (χ3n) is 6.73. The zero-order valence-electron chi connectivity index (χ0n) is 20.0. The fourth-order valence-electron chi connectivity index (χ4n) is 4.79. The SMILES string of the molecule is CCCCCCc1ccc(COc2ccc3c(c2)Cc2cc(CCCCC)ccc2-3)cc1. The van der Waals surface area contributed by atoms with Gasteiger partial charge in [0.2, 0.25) is 0 Å². The highest BCUT2D eigenvalue weighted by atomic mass is 16.5. The van der Waals surface area contributed by atoms with Crippen LogP contribution in [0.3, 0.4) is 0 Å². The average Bonchev–Trinajstić information content (AvgIpc) is 3.18. The van der Waals surface area contributed by atoms with E-state index >= 15 is 0 Å². The lowest BCUT2D eigenvalue weighted by Gasteiger charge is -2.09. The van der Waals surface area contributed by atoms with E-state index in [0.29, 0.717) is 6.61 Å². The Morgan fingerprint density at radius 1 is 0.594 bits per heavy atom. The van der Waals surface area contributed by atoms with Gasteiger partial charge in [-0.1, -0.05) is 94.5 Å². The minimum Gasteiger partial charge on any atom is -0.489 e. The van der Waals surface area contributed by atoms with Crippen molar-refractivity contribution in [1.82, 2.24) is 0 Å². The number of aryl methyl sites for hydroxylation is 2. The first-order valence-corrected chi connectivity index (χ1v) is 12.7. The van der Waals surface area contributed by atoms with E-state index < -0.39 is 0 Å². The monoisotopic (exact) mass is 426 g/mol.